The van der Waals surface area contributed by atoms with Gasteiger partial charge in [0.25, 0.3) is 0 Å². The summed E-state index contributed by atoms with van der Waals surface area (Å²) in [5, 5.41) is 1.66. The molecule has 0 fully saturated rings. The van der Waals surface area contributed by atoms with E-state index in [1.165, 1.54) is 38.9 Å². The fourth-order valence-corrected chi connectivity index (χ4v) is 6.08. The molecule has 2 N–H and O–H groups in total. The van der Waals surface area contributed by atoms with Crippen molar-refractivity contribution < 1.29 is 4.84 Å². The molecule has 6 rings (SSSR count). The number of aliphatic imine (C=N–C) groups is 1. The van der Waals surface area contributed by atoms with Crippen LogP contribution in [0, 0.1) is 12.3 Å². The summed E-state index contributed by atoms with van der Waals surface area (Å²) in [4.78, 5) is 11.7. The molecule has 32 heavy (non-hydrogen) atoms. The molecule has 1 atom stereocenters. The van der Waals surface area contributed by atoms with Gasteiger partial charge in [0.05, 0.1) is 0 Å². The van der Waals surface area contributed by atoms with Gasteiger partial charge in [-0.3, -0.25) is 0 Å². The molecule has 4 nitrogen and oxygen atoms in total. The van der Waals surface area contributed by atoms with Crippen molar-refractivity contribution in [3.8, 4) is 11.1 Å². The van der Waals surface area contributed by atoms with Crippen LogP contribution in [0.4, 0.5) is 0 Å². The van der Waals surface area contributed by atoms with Gasteiger partial charge in [0.2, 0.25) is 11.7 Å². The van der Waals surface area contributed by atoms with Crippen LogP contribution in [-0.4, -0.2) is 18.1 Å². The van der Waals surface area contributed by atoms with Crippen molar-refractivity contribution in [2.45, 2.75) is 44.8 Å². The SMILES string of the molecule is Cc1cccc(-c2ccc3c(c2)C2(N=C(N)N(C)O2)C2(CCc4ccccc4CC2)C3)c1. The van der Waals surface area contributed by atoms with Gasteiger partial charge in [-0.25, -0.2) is 14.9 Å². The summed E-state index contributed by atoms with van der Waals surface area (Å²) in [5.74, 6) is 0.458. The van der Waals surface area contributed by atoms with Crippen LogP contribution in [0.3, 0.4) is 0 Å². The normalized spacial score (nSPS) is 23.2. The summed E-state index contributed by atoms with van der Waals surface area (Å²) in [6.45, 7) is 2.14. The minimum absolute atomic E-state index is 0.116. The molecule has 0 amide bonds. The number of hydrogen-bond acceptors (Lipinski definition) is 4. The van der Waals surface area contributed by atoms with Gasteiger partial charge in [-0.1, -0.05) is 66.2 Å². The number of benzene rings is 3. The molecule has 0 aromatic heterocycles. The summed E-state index contributed by atoms with van der Waals surface area (Å²) in [6.07, 6.45) is 5.11. The molecule has 2 aliphatic carbocycles. The average molecular weight is 424 g/mol. The highest BCUT2D eigenvalue weighted by atomic mass is 16.7. The molecular formula is C28H29N3O. The highest BCUT2D eigenvalue weighted by Gasteiger charge is 2.62. The molecule has 3 aromatic rings. The van der Waals surface area contributed by atoms with Gasteiger partial charge in [0, 0.05) is 18.0 Å². The topological polar surface area (TPSA) is 50.8 Å². The maximum atomic E-state index is 6.62. The fraction of sp³-hybridized carbons (Fsp3) is 0.321. The Balaban J connectivity index is 1.49. The van der Waals surface area contributed by atoms with Gasteiger partial charge >= 0.3 is 0 Å². The van der Waals surface area contributed by atoms with Gasteiger partial charge in [-0.2, -0.15) is 0 Å². The number of nitrogens with zero attached hydrogens (tertiary/aromatic N) is 2. The molecule has 3 aliphatic rings. The first-order valence-electron chi connectivity index (χ1n) is 11.6. The Morgan fingerprint density at radius 1 is 0.875 bits per heavy atom. The molecule has 4 heteroatoms. The first-order valence-corrected chi connectivity index (χ1v) is 11.6. The van der Waals surface area contributed by atoms with Crippen molar-refractivity contribution in [3.05, 3.63) is 94.5 Å². The number of hydrogen-bond donors (Lipinski definition) is 1. The van der Waals surface area contributed by atoms with Crippen LogP contribution < -0.4 is 5.73 Å². The number of fused-ring (bicyclic) bond motifs is 4. The zero-order chi connectivity index (χ0) is 21.9. The van der Waals surface area contributed by atoms with Crippen molar-refractivity contribution in [3.63, 3.8) is 0 Å². The summed E-state index contributed by atoms with van der Waals surface area (Å²) >= 11 is 0. The van der Waals surface area contributed by atoms with Crippen LogP contribution in [0.25, 0.3) is 11.1 Å². The molecule has 0 saturated heterocycles. The Bertz CT molecular complexity index is 1220. The number of guanidine groups is 1. The zero-order valence-electron chi connectivity index (χ0n) is 18.8. The Kier molecular flexibility index (Phi) is 4.25. The fourth-order valence-electron chi connectivity index (χ4n) is 6.08. The minimum Gasteiger partial charge on any atom is -0.368 e. The molecular weight excluding hydrogens is 394 g/mol. The first-order chi connectivity index (χ1) is 15.5. The van der Waals surface area contributed by atoms with Crippen LogP contribution in [0.5, 0.6) is 0 Å². The monoisotopic (exact) mass is 423 g/mol. The van der Waals surface area contributed by atoms with Crippen LogP contribution in [0.15, 0.2) is 71.7 Å². The number of aryl methyl sites for hydroxylation is 3. The number of hydroxylamine groups is 2. The van der Waals surface area contributed by atoms with Crippen molar-refractivity contribution in [1.29, 1.82) is 0 Å². The first kappa shape index (κ1) is 19.6. The molecule has 1 heterocycles. The largest absolute Gasteiger partial charge is 0.368 e. The third-order valence-corrected chi connectivity index (χ3v) is 7.80. The predicted octanol–water partition coefficient (Wildman–Crippen LogP) is 5.13. The van der Waals surface area contributed by atoms with E-state index in [9.17, 15) is 0 Å². The highest BCUT2D eigenvalue weighted by Crippen LogP contribution is 2.61. The maximum Gasteiger partial charge on any atom is 0.220 e. The Morgan fingerprint density at radius 2 is 1.59 bits per heavy atom. The molecule has 1 aliphatic heterocycles. The lowest BCUT2D eigenvalue weighted by molar-refractivity contribution is -0.224. The standard InChI is InChI=1S/C28H29N3O/c1-19-6-5-9-22(16-19)23-10-11-24-18-27(14-12-20-7-3-4-8-21(20)13-15-27)28(25(24)17-23)30-26(29)31(2)32-28/h3-11,16-17H,12-15,18H2,1-2H3,(H2,29,30). The Labute approximate surface area is 189 Å². The molecule has 3 aromatic carbocycles. The van der Waals surface area contributed by atoms with Crippen molar-refractivity contribution in [1.82, 2.24) is 5.06 Å². The third-order valence-electron chi connectivity index (χ3n) is 7.80. The van der Waals surface area contributed by atoms with Crippen LogP contribution in [0.2, 0.25) is 0 Å². The quantitative estimate of drug-likeness (QED) is 0.590. The van der Waals surface area contributed by atoms with E-state index in [2.05, 4.69) is 73.7 Å². The van der Waals surface area contributed by atoms with Gasteiger partial charge in [0.1, 0.15) is 0 Å². The van der Waals surface area contributed by atoms with Crippen LogP contribution >= 0.6 is 0 Å². The van der Waals surface area contributed by atoms with Gasteiger partial charge in [-0.05, 0) is 72.9 Å². The summed E-state index contributed by atoms with van der Waals surface area (Å²) in [7, 11) is 1.87. The van der Waals surface area contributed by atoms with E-state index in [0.29, 0.717) is 5.96 Å². The maximum absolute atomic E-state index is 6.62. The molecule has 0 radical (unpaired) electrons. The van der Waals surface area contributed by atoms with Gasteiger partial charge < -0.3 is 5.73 Å². The predicted molar refractivity (Wildman–Crippen MR) is 128 cm³/mol. The number of nitrogens with two attached hydrogens (primary N) is 1. The van der Waals surface area contributed by atoms with Crippen molar-refractivity contribution >= 4 is 5.96 Å². The van der Waals surface area contributed by atoms with E-state index >= 15 is 0 Å². The molecule has 2 spiro atoms. The second-order valence-electron chi connectivity index (χ2n) is 9.67. The lowest BCUT2D eigenvalue weighted by Crippen LogP contribution is -2.43. The van der Waals surface area contributed by atoms with E-state index in [1.807, 2.05) is 7.05 Å². The molecule has 162 valence electrons. The molecule has 0 saturated carbocycles. The van der Waals surface area contributed by atoms with Crippen LogP contribution in [-0.2, 0) is 29.8 Å². The van der Waals surface area contributed by atoms with Crippen LogP contribution in [0.1, 0.15) is 40.7 Å². The summed E-state index contributed by atoms with van der Waals surface area (Å²) in [6, 6.07) is 24.4. The second kappa shape index (κ2) is 6.94. The van der Waals surface area contributed by atoms with E-state index < -0.39 is 5.72 Å². The summed E-state index contributed by atoms with van der Waals surface area (Å²) < 4.78 is 0. The van der Waals surface area contributed by atoms with E-state index in [1.54, 1.807) is 5.06 Å². The minimum atomic E-state index is -0.761. The zero-order valence-corrected chi connectivity index (χ0v) is 18.8. The van der Waals surface area contributed by atoms with Crippen molar-refractivity contribution in [2.75, 3.05) is 7.05 Å². The Hall–Kier alpha value is -3.11. The molecule has 0 bridgehead atoms. The smallest absolute Gasteiger partial charge is 0.220 e. The lowest BCUT2D eigenvalue weighted by atomic mass is 9.71. The lowest BCUT2D eigenvalue weighted by Gasteiger charge is -2.40. The number of rotatable bonds is 1. The van der Waals surface area contributed by atoms with E-state index in [0.717, 1.165) is 32.1 Å². The second-order valence-corrected chi connectivity index (χ2v) is 9.67. The van der Waals surface area contributed by atoms with Gasteiger partial charge in [-0.15, -0.1) is 0 Å². The van der Waals surface area contributed by atoms with Crippen molar-refractivity contribution in [2.24, 2.45) is 16.1 Å². The van der Waals surface area contributed by atoms with E-state index in [4.69, 9.17) is 15.6 Å². The summed E-state index contributed by atoms with van der Waals surface area (Å²) in [5.41, 5.74) is 14.6. The van der Waals surface area contributed by atoms with Gasteiger partial charge in [0.15, 0.2) is 0 Å². The highest BCUT2D eigenvalue weighted by molar-refractivity contribution is 5.79. The average Bonchev–Trinajstić information content (AvgIpc) is 3.15. The molecule has 1 unspecified atom stereocenters. The third kappa shape index (κ3) is 2.75. The van der Waals surface area contributed by atoms with E-state index in [-0.39, 0.29) is 5.41 Å². The Morgan fingerprint density at radius 3 is 2.25 bits per heavy atom.